The van der Waals surface area contributed by atoms with Crippen LogP contribution in [0.1, 0.15) is 22.1 Å². The Morgan fingerprint density at radius 1 is 1.33 bits per heavy atom. The third kappa shape index (κ3) is 3.90. The van der Waals surface area contributed by atoms with Crippen LogP contribution in [-0.4, -0.2) is 49.5 Å². The highest BCUT2D eigenvalue weighted by Gasteiger charge is 2.18. The minimum atomic E-state index is -0.177. The fourth-order valence-corrected chi connectivity index (χ4v) is 2.55. The third-order valence-corrected chi connectivity index (χ3v) is 3.68. The molecule has 1 saturated heterocycles. The maximum absolute atomic E-state index is 12.5. The van der Waals surface area contributed by atoms with Crippen molar-refractivity contribution in [1.29, 1.82) is 0 Å². The normalized spacial score (nSPS) is 14.6. The van der Waals surface area contributed by atoms with Crippen LogP contribution in [0.5, 0.6) is 0 Å². The number of hydrogen-bond donors (Lipinski definition) is 1. The number of hydrogen-bond acceptors (Lipinski definition) is 7. The van der Waals surface area contributed by atoms with Gasteiger partial charge in [0.2, 0.25) is 5.89 Å². The van der Waals surface area contributed by atoms with Gasteiger partial charge in [-0.1, -0.05) is 17.3 Å². The van der Waals surface area contributed by atoms with Gasteiger partial charge in [-0.15, -0.1) is 0 Å². The number of nitrogens with zero attached hydrogens (tertiary/aromatic N) is 3. The number of rotatable bonds is 6. The van der Waals surface area contributed by atoms with E-state index in [4.69, 9.17) is 14.0 Å². The summed E-state index contributed by atoms with van der Waals surface area (Å²) in [4.78, 5) is 18.8. The molecule has 0 saturated carbocycles. The highest BCUT2D eigenvalue weighted by molar-refractivity contribution is 5.99. The lowest BCUT2D eigenvalue weighted by Crippen LogP contribution is -2.37. The Balaban J connectivity index is 1.66. The molecule has 2 aromatic rings. The average Bonchev–Trinajstić information content (AvgIpc) is 3.08. The summed E-state index contributed by atoms with van der Waals surface area (Å²) in [6, 6.07) is 7.53. The third-order valence-electron chi connectivity index (χ3n) is 3.68. The Labute approximate surface area is 139 Å². The molecular formula is C16H20N4O4. The molecule has 0 radical (unpaired) electrons. The van der Waals surface area contributed by atoms with Crippen LogP contribution in [0.3, 0.4) is 0 Å². The number of carbonyl (C=O) groups is 1. The monoisotopic (exact) mass is 332 g/mol. The lowest BCUT2D eigenvalue weighted by Gasteiger charge is -2.30. The van der Waals surface area contributed by atoms with E-state index < -0.39 is 0 Å². The molecule has 1 fully saturated rings. The van der Waals surface area contributed by atoms with Gasteiger partial charge in [0.15, 0.2) is 5.82 Å². The lowest BCUT2D eigenvalue weighted by atomic mass is 10.1. The summed E-state index contributed by atoms with van der Waals surface area (Å²) in [7, 11) is 1.56. The number of morpholine rings is 1. The number of carbonyl (C=O) groups excluding carboxylic acids is 1. The molecular weight excluding hydrogens is 312 g/mol. The molecule has 128 valence electrons. The fourth-order valence-electron chi connectivity index (χ4n) is 2.55. The Hall–Kier alpha value is -2.45. The van der Waals surface area contributed by atoms with Gasteiger partial charge in [-0.05, 0) is 12.1 Å². The Kier molecular flexibility index (Phi) is 5.39. The minimum Gasteiger partial charge on any atom is -0.378 e. The van der Waals surface area contributed by atoms with E-state index in [0.29, 0.717) is 30.5 Å². The number of nitrogens with one attached hydrogen (secondary N) is 1. The molecule has 1 aromatic carbocycles. The van der Waals surface area contributed by atoms with E-state index in [9.17, 15) is 4.79 Å². The van der Waals surface area contributed by atoms with Gasteiger partial charge in [0.05, 0.1) is 25.3 Å². The maximum Gasteiger partial charge on any atom is 0.253 e. The van der Waals surface area contributed by atoms with Crippen LogP contribution < -0.4 is 10.2 Å². The molecule has 2 heterocycles. The second kappa shape index (κ2) is 7.89. The topological polar surface area (TPSA) is 89.7 Å². The predicted molar refractivity (Wildman–Crippen MR) is 85.7 cm³/mol. The SMILES string of the molecule is COCc1noc(CNC(=O)c2ccccc2N2CCOCC2)n1. The molecule has 0 unspecified atom stereocenters. The van der Waals surface area contributed by atoms with Crippen molar-refractivity contribution in [3.63, 3.8) is 0 Å². The summed E-state index contributed by atoms with van der Waals surface area (Å²) in [5, 5.41) is 6.58. The van der Waals surface area contributed by atoms with Gasteiger partial charge >= 0.3 is 0 Å². The van der Waals surface area contributed by atoms with Gasteiger partial charge in [-0.3, -0.25) is 4.79 Å². The van der Waals surface area contributed by atoms with E-state index in [1.165, 1.54) is 0 Å². The van der Waals surface area contributed by atoms with Crippen molar-refractivity contribution in [2.45, 2.75) is 13.2 Å². The van der Waals surface area contributed by atoms with Crippen LogP contribution in [-0.2, 0) is 22.6 Å². The molecule has 0 aliphatic carbocycles. The second-order valence-electron chi connectivity index (χ2n) is 5.34. The molecule has 0 bridgehead atoms. The predicted octanol–water partition coefficient (Wildman–Crippen LogP) is 0.983. The van der Waals surface area contributed by atoms with Gasteiger partial charge in [0.25, 0.3) is 5.91 Å². The number of aromatic nitrogens is 2. The van der Waals surface area contributed by atoms with Crippen LogP contribution in [0.15, 0.2) is 28.8 Å². The van der Waals surface area contributed by atoms with Crippen LogP contribution in [0.25, 0.3) is 0 Å². The van der Waals surface area contributed by atoms with Gasteiger partial charge in [0.1, 0.15) is 6.61 Å². The zero-order valence-electron chi connectivity index (χ0n) is 13.5. The molecule has 8 heteroatoms. The highest BCUT2D eigenvalue weighted by atomic mass is 16.5. The molecule has 1 N–H and O–H groups in total. The zero-order chi connectivity index (χ0) is 16.8. The van der Waals surface area contributed by atoms with E-state index >= 15 is 0 Å². The first kappa shape index (κ1) is 16.4. The molecule has 0 spiro atoms. The summed E-state index contributed by atoms with van der Waals surface area (Å²) in [6.45, 7) is 3.33. The molecule has 1 amide bonds. The number of para-hydroxylation sites is 1. The molecule has 8 nitrogen and oxygen atoms in total. The fraction of sp³-hybridized carbons (Fsp3) is 0.438. The van der Waals surface area contributed by atoms with Crippen molar-refractivity contribution < 1.29 is 18.8 Å². The number of methoxy groups -OCH3 is 1. The van der Waals surface area contributed by atoms with Crippen LogP contribution in [0, 0.1) is 0 Å². The zero-order valence-corrected chi connectivity index (χ0v) is 13.5. The summed E-state index contributed by atoms with van der Waals surface area (Å²) < 4.78 is 15.4. The Morgan fingerprint density at radius 3 is 2.92 bits per heavy atom. The van der Waals surface area contributed by atoms with Crippen molar-refractivity contribution in [1.82, 2.24) is 15.5 Å². The number of anilines is 1. The standard InChI is InChI=1S/C16H20N4O4/c1-22-11-14-18-15(24-19-14)10-17-16(21)12-4-2-3-5-13(12)20-6-8-23-9-7-20/h2-5H,6-11H2,1H3,(H,17,21). The molecule has 3 rings (SSSR count). The van der Waals surface area contributed by atoms with Crippen LogP contribution >= 0.6 is 0 Å². The summed E-state index contributed by atoms with van der Waals surface area (Å²) in [6.07, 6.45) is 0. The number of ether oxygens (including phenoxy) is 2. The quantitative estimate of drug-likeness (QED) is 0.843. The Bertz CT molecular complexity index is 682. The van der Waals surface area contributed by atoms with E-state index in [1.54, 1.807) is 7.11 Å². The summed E-state index contributed by atoms with van der Waals surface area (Å²) in [5.74, 6) is 0.623. The molecule has 24 heavy (non-hydrogen) atoms. The molecule has 1 aromatic heterocycles. The van der Waals surface area contributed by atoms with Crippen LogP contribution in [0.4, 0.5) is 5.69 Å². The molecule has 0 atom stereocenters. The Morgan fingerprint density at radius 2 is 2.12 bits per heavy atom. The number of amides is 1. The largest absolute Gasteiger partial charge is 0.378 e. The van der Waals surface area contributed by atoms with Gasteiger partial charge in [0, 0.05) is 25.9 Å². The first-order chi connectivity index (χ1) is 11.8. The maximum atomic E-state index is 12.5. The van der Waals surface area contributed by atoms with Crippen LogP contribution in [0.2, 0.25) is 0 Å². The minimum absolute atomic E-state index is 0.174. The van der Waals surface area contributed by atoms with Crippen molar-refractivity contribution in [3.8, 4) is 0 Å². The highest BCUT2D eigenvalue weighted by Crippen LogP contribution is 2.21. The average molecular weight is 332 g/mol. The van der Waals surface area contributed by atoms with Crippen molar-refractivity contribution >= 4 is 11.6 Å². The summed E-state index contributed by atoms with van der Waals surface area (Å²) in [5.41, 5.74) is 1.53. The van der Waals surface area contributed by atoms with Crippen molar-refractivity contribution in [3.05, 3.63) is 41.5 Å². The van der Waals surface area contributed by atoms with Gasteiger partial charge in [-0.25, -0.2) is 0 Å². The van der Waals surface area contributed by atoms with Crippen molar-refractivity contribution in [2.24, 2.45) is 0 Å². The van der Waals surface area contributed by atoms with Gasteiger partial charge in [-0.2, -0.15) is 4.98 Å². The summed E-state index contributed by atoms with van der Waals surface area (Å²) >= 11 is 0. The lowest BCUT2D eigenvalue weighted by molar-refractivity contribution is 0.0945. The smallest absolute Gasteiger partial charge is 0.253 e. The van der Waals surface area contributed by atoms with E-state index in [1.807, 2.05) is 24.3 Å². The van der Waals surface area contributed by atoms with Crippen molar-refractivity contribution in [2.75, 3.05) is 38.3 Å². The van der Waals surface area contributed by atoms with E-state index in [2.05, 4.69) is 20.4 Å². The second-order valence-corrected chi connectivity index (χ2v) is 5.34. The first-order valence-electron chi connectivity index (χ1n) is 7.78. The van der Waals surface area contributed by atoms with E-state index in [-0.39, 0.29) is 19.1 Å². The number of benzene rings is 1. The molecule has 1 aliphatic heterocycles. The molecule has 1 aliphatic rings. The van der Waals surface area contributed by atoms with Gasteiger partial charge < -0.3 is 24.2 Å². The first-order valence-corrected chi connectivity index (χ1v) is 7.78. The van der Waals surface area contributed by atoms with E-state index in [0.717, 1.165) is 18.8 Å².